The topological polar surface area (TPSA) is 94.0 Å². The van der Waals surface area contributed by atoms with Gasteiger partial charge in [-0.15, -0.1) is 0 Å². The Hall–Kier alpha value is -1.43. The second kappa shape index (κ2) is 4.71. The molecule has 6 heteroatoms. The minimum Gasteiger partial charge on any atom is -0.320 e. The van der Waals surface area contributed by atoms with E-state index in [1.807, 2.05) is 6.92 Å². The van der Waals surface area contributed by atoms with Gasteiger partial charge in [0.2, 0.25) is 5.91 Å². The molecule has 1 heterocycles. The molecule has 0 aliphatic rings. The maximum atomic E-state index is 11.3. The molecule has 0 bridgehead atoms. The van der Waals surface area contributed by atoms with Crippen molar-refractivity contribution in [2.75, 3.05) is 5.32 Å². The third kappa shape index (κ3) is 2.81. The third-order valence-corrected chi connectivity index (χ3v) is 1.69. The number of nitrogens with one attached hydrogen (secondary N) is 1. The van der Waals surface area contributed by atoms with Gasteiger partial charge in [0.05, 0.1) is 6.04 Å². The Morgan fingerprint density at radius 2 is 2.43 bits per heavy atom. The summed E-state index contributed by atoms with van der Waals surface area (Å²) in [5.41, 5.74) is 5.58. The molecule has 1 rings (SSSR count). The molecule has 6 nitrogen and oxygen atoms in total. The minimum atomic E-state index is -0.521. The highest BCUT2D eigenvalue weighted by Crippen LogP contribution is 2.03. The van der Waals surface area contributed by atoms with Gasteiger partial charge in [-0.05, 0) is 13.3 Å². The summed E-state index contributed by atoms with van der Waals surface area (Å²) in [6.07, 6.45) is 1.50. The molecule has 1 atom stereocenters. The fourth-order valence-corrected chi connectivity index (χ4v) is 0.988. The number of anilines is 1. The highest BCUT2D eigenvalue weighted by Gasteiger charge is 2.14. The van der Waals surface area contributed by atoms with Crippen LogP contribution in [0.15, 0.2) is 4.52 Å². The summed E-state index contributed by atoms with van der Waals surface area (Å²) in [6.45, 7) is 3.63. The SMILES string of the molecule is CCC[C@@H](N)C(=O)Nc1nc(C)no1. The quantitative estimate of drug-likeness (QED) is 0.732. The molecule has 0 aliphatic heterocycles. The Morgan fingerprint density at radius 3 is 2.93 bits per heavy atom. The van der Waals surface area contributed by atoms with Crippen molar-refractivity contribution in [3.63, 3.8) is 0 Å². The predicted molar refractivity (Wildman–Crippen MR) is 50.5 cm³/mol. The zero-order chi connectivity index (χ0) is 10.6. The first-order valence-corrected chi connectivity index (χ1v) is 4.50. The molecule has 0 spiro atoms. The zero-order valence-electron chi connectivity index (χ0n) is 8.28. The fourth-order valence-electron chi connectivity index (χ4n) is 0.988. The van der Waals surface area contributed by atoms with Gasteiger partial charge in [0.15, 0.2) is 5.82 Å². The van der Waals surface area contributed by atoms with Crippen LogP contribution in [0.3, 0.4) is 0 Å². The second-order valence-electron chi connectivity index (χ2n) is 3.03. The van der Waals surface area contributed by atoms with Crippen molar-refractivity contribution in [3.8, 4) is 0 Å². The average molecular weight is 198 g/mol. The van der Waals surface area contributed by atoms with Crippen molar-refractivity contribution < 1.29 is 9.32 Å². The van der Waals surface area contributed by atoms with Crippen LogP contribution in [0.4, 0.5) is 6.01 Å². The van der Waals surface area contributed by atoms with Crippen LogP contribution >= 0.6 is 0 Å². The number of aryl methyl sites for hydroxylation is 1. The van der Waals surface area contributed by atoms with E-state index in [0.717, 1.165) is 6.42 Å². The van der Waals surface area contributed by atoms with Gasteiger partial charge in [0.25, 0.3) is 0 Å². The van der Waals surface area contributed by atoms with Crippen molar-refractivity contribution in [1.82, 2.24) is 10.1 Å². The van der Waals surface area contributed by atoms with Gasteiger partial charge in [0, 0.05) is 0 Å². The van der Waals surface area contributed by atoms with Crippen LogP contribution in [-0.4, -0.2) is 22.1 Å². The number of nitrogens with zero attached hydrogens (tertiary/aromatic N) is 2. The number of amides is 1. The molecular weight excluding hydrogens is 184 g/mol. The fraction of sp³-hybridized carbons (Fsp3) is 0.625. The smallest absolute Gasteiger partial charge is 0.320 e. The van der Waals surface area contributed by atoms with Crippen LogP contribution in [0.25, 0.3) is 0 Å². The summed E-state index contributed by atoms with van der Waals surface area (Å²) in [7, 11) is 0. The summed E-state index contributed by atoms with van der Waals surface area (Å²) in [6, 6.07) is -0.425. The van der Waals surface area contributed by atoms with Crippen molar-refractivity contribution in [1.29, 1.82) is 0 Å². The first-order valence-electron chi connectivity index (χ1n) is 4.50. The lowest BCUT2D eigenvalue weighted by atomic mass is 10.2. The van der Waals surface area contributed by atoms with Crippen LogP contribution in [0.1, 0.15) is 25.6 Å². The van der Waals surface area contributed by atoms with Crippen LogP contribution in [0, 0.1) is 6.92 Å². The van der Waals surface area contributed by atoms with E-state index in [2.05, 4.69) is 15.5 Å². The van der Waals surface area contributed by atoms with Crippen LogP contribution in [0.5, 0.6) is 0 Å². The Labute approximate surface area is 81.9 Å². The van der Waals surface area contributed by atoms with Crippen molar-refractivity contribution in [2.24, 2.45) is 5.73 Å². The molecule has 0 unspecified atom stereocenters. The van der Waals surface area contributed by atoms with E-state index in [-0.39, 0.29) is 11.9 Å². The highest BCUT2D eigenvalue weighted by molar-refractivity contribution is 5.92. The van der Waals surface area contributed by atoms with Gasteiger partial charge >= 0.3 is 6.01 Å². The van der Waals surface area contributed by atoms with E-state index < -0.39 is 6.04 Å². The second-order valence-corrected chi connectivity index (χ2v) is 3.03. The third-order valence-electron chi connectivity index (χ3n) is 1.69. The number of hydrogen-bond donors (Lipinski definition) is 2. The summed E-state index contributed by atoms with van der Waals surface area (Å²) in [5, 5.41) is 5.98. The maximum absolute atomic E-state index is 11.3. The number of carbonyl (C=O) groups is 1. The Bertz CT molecular complexity index is 310. The van der Waals surface area contributed by atoms with Gasteiger partial charge in [-0.2, -0.15) is 4.98 Å². The van der Waals surface area contributed by atoms with Gasteiger partial charge in [-0.25, -0.2) is 0 Å². The van der Waals surface area contributed by atoms with Crippen LogP contribution < -0.4 is 11.1 Å². The lowest BCUT2D eigenvalue weighted by Gasteiger charge is -2.07. The number of hydrogen-bond acceptors (Lipinski definition) is 5. The van der Waals surface area contributed by atoms with Crippen LogP contribution in [-0.2, 0) is 4.79 Å². The largest absolute Gasteiger partial charge is 0.328 e. The standard InChI is InChI=1S/C8H14N4O2/c1-3-4-6(9)7(13)11-8-10-5(2)12-14-8/h6H,3-4,9H2,1-2H3,(H,10,11,12,13)/t6-/m1/s1. The zero-order valence-corrected chi connectivity index (χ0v) is 8.28. The first kappa shape index (κ1) is 10.6. The number of nitrogens with two attached hydrogens (primary N) is 1. The molecule has 14 heavy (non-hydrogen) atoms. The van der Waals surface area contributed by atoms with E-state index in [9.17, 15) is 4.79 Å². The van der Waals surface area contributed by atoms with E-state index >= 15 is 0 Å². The molecule has 78 valence electrons. The van der Waals surface area contributed by atoms with Crippen molar-refractivity contribution >= 4 is 11.9 Å². The van der Waals surface area contributed by atoms with E-state index in [4.69, 9.17) is 10.3 Å². The molecule has 1 aromatic rings. The molecule has 0 fully saturated rings. The van der Waals surface area contributed by atoms with Gasteiger partial charge in [-0.1, -0.05) is 18.5 Å². The highest BCUT2D eigenvalue weighted by atomic mass is 16.5. The summed E-state index contributed by atoms with van der Waals surface area (Å²) in [4.78, 5) is 15.2. The minimum absolute atomic E-state index is 0.0963. The monoisotopic (exact) mass is 198 g/mol. The summed E-state index contributed by atoms with van der Waals surface area (Å²) >= 11 is 0. The lowest BCUT2D eigenvalue weighted by Crippen LogP contribution is -2.35. The predicted octanol–water partition coefficient (Wildman–Crippen LogP) is 0.444. The first-order chi connectivity index (χ1) is 6.63. The molecule has 0 aromatic carbocycles. The van der Waals surface area contributed by atoms with E-state index in [1.165, 1.54) is 0 Å². The Balaban J connectivity index is 2.48. The van der Waals surface area contributed by atoms with E-state index in [0.29, 0.717) is 12.2 Å². The number of aromatic nitrogens is 2. The Kier molecular flexibility index (Phi) is 3.58. The molecule has 0 aliphatic carbocycles. The summed E-state index contributed by atoms with van der Waals surface area (Å²) in [5.74, 6) is 0.180. The normalized spacial score (nSPS) is 12.5. The van der Waals surface area contributed by atoms with Crippen molar-refractivity contribution in [3.05, 3.63) is 5.82 Å². The molecule has 0 saturated carbocycles. The Morgan fingerprint density at radius 1 is 1.71 bits per heavy atom. The average Bonchev–Trinajstić information content (AvgIpc) is 2.51. The van der Waals surface area contributed by atoms with Gasteiger partial charge in [0.1, 0.15) is 0 Å². The maximum Gasteiger partial charge on any atom is 0.328 e. The number of rotatable bonds is 4. The van der Waals surface area contributed by atoms with Crippen LogP contribution in [0.2, 0.25) is 0 Å². The molecular formula is C8H14N4O2. The van der Waals surface area contributed by atoms with Crippen molar-refractivity contribution in [2.45, 2.75) is 32.7 Å². The van der Waals surface area contributed by atoms with Gasteiger partial charge < -0.3 is 10.3 Å². The molecule has 3 N–H and O–H groups in total. The van der Waals surface area contributed by atoms with E-state index in [1.54, 1.807) is 6.92 Å². The lowest BCUT2D eigenvalue weighted by molar-refractivity contribution is -0.117. The number of carbonyl (C=O) groups excluding carboxylic acids is 1. The molecule has 0 radical (unpaired) electrons. The summed E-state index contributed by atoms with van der Waals surface area (Å²) < 4.78 is 4.71. The van der Waals surface area contributed by atoms with Gasteiger partial charge in [-0.3, -0.25) is 10.1 Å². The molecule has 0 saturated heterocycles. The molecule has 1 amide bonds. The molecule has 1 aromatic heterocycles.